The van der Waals surface area contributed by atoms with Crippen LogP contribution in [0.3, 0.4) is 0 Å². The highest BCUT2D eigenvalue weighted by Gasteiger charge is 2.11. The maximum atomic E-state index is 12.4. The van der Waals surface area contributed by atoms with E-state index in [4.69, 9.17) is 16.3 Å². The van der Waals surface area contributed by atoms with Gasteiger partial charge in [-0.3, -0.25) is 14.9 Å². The predicted octanol–water partition coefficient (Wildman–Crippen LogP) is 4.86. The van der Waals surface area contributed by atoms with E-state index in [2.05, 4.69) is 25.7 Å². The zero-order valence-corrected chi connectivity index (χ0v) is 18.0. The summed E-state index contributed by atoms with van der Waals surface area (Å²) >= 11 is 5.90. The van der Waals surface area contributed by atoms with Crippen molar-refractivity contribution in [3.05, 3.63) is 101 Å². The molecule has 8 heteroatoms. The largest absolute Gasteiger partial charge is 0.489 e. The molecule has 0 saturated heterocycles. The summed E-state index contributed by atoms with van der Waals surface area (Å²) in [5.74, 6) is 0.359. The maximum absolute atomic E-state index is 12.4. The molecule has 0 fully saturated rings. The summed E-state index contributed by atoms with van der Waals surface area (Å²) in [7, 11) is 0. The molecule has 0 bridgehead atoms. The van der Waals surface area contributed by atoms with Gasteiger partial charge in [0.15, 0.2) is 0 Å². The molecule has 0 saturated carbocycles. The van der Waals surface area contributed by atoms with Crippen LogP contribution in [-0.4, -0.2) is 26.8 Å². The number of rotatable bonds is 7. The van der Waals surface area contributed by atoms with E-state index in [-0.39, 0.29) is 5.91 Å². The molecule has 160 valence electrons. The maximum Gasteiger partial charge on any atom is 0.289 e. The van der Waals surface area contributed by atoms with Crippen molar-refractivity contribution in [1.82, 2.24) is 20.6 Å². The van der Waals surface area contributed by atoms with Crippen molar-refractivity contribution in [3.8, 4) is 17.0 Å². The molecule has 0 atom stereocenters. The first-order valence-electron chi connectivity index (χ1n) is 9.86. The Bertz CT molecular complexity index is 1220. The topological polar surface area (TPSA) is 92.3 Å². The lowest BCUT2D eigenvalue weighted by molar-refractivity contribution is 0.0950. The van der Waals surface area contributed by atoms with Gasteiger partial charge in [-0.2, -0.15) is 10.2 Å². The number of nitrogens with zero attached hydrogens (tertiary/aromatic N) is 3. The fraction of sp³-hybridized carbons (Fsp3) is 0.0833. The first-order valence-corrected chi connectivity index (χ1v) is 10.2. The van der Waals surface area contributed by atoms with Gasteiger partial charge in [-0.25, -0.2) is 5.43 Å². The molecule has 0 aliphatic carbocycles. The summed E-state index contributed by atoms with van der Waals surface area (Å²) in [6, 6.07) is 20.3. The smallest absolute Gasteiger partial charge is 0.289 e. The van der Waals surface area contributed by atoms with E-state index in [0.29, 0.717) is 28.7 Å². The lowest BCUT2D eigenvalue weighted by Crippen LogP contribution is -2.19. The van der Waals surface area contributed by atoms with Crippen LogP contribution in [-0.2, 0) is 6.61 Å². The van der Waals surface area contributed by atoms with Crippen LogP contribution in [0.15, 0.2) is 84.2 Å². The van der Waals surface area contributed by atoms with E-state index < -0.39 is 0 Å². The number of carbonyl (C=O) groups is 1. The Morgan fingerprint density at radius 1 is 1.06 bits per heavy atom. The number of carbonyl (C=O) groups excluding carboxylic acids is 1. The van der Waals surface area contributed by atoms with Crippen LogP contribution in [0.5, 0.6) is 5.75 Å². The number of pyridine rings is 1. The van der Waals surface area contributed by atoms with Gasteiger partial charge in [0.1, 0.15) is 18.1 Å². The monoisotopic (exact) mass is 445 g/mol. The molecule has 2 aromatic carbocycles. The fourth-order valence-electron chi connectivity index (χ4n) is 2.91. The van der Waals surface area contributed by atoms with Crippen molar-refractivity contribution in [2.45, 2.75) is 13.5 Å². The summed E-state index contributed by atoms with van der Waals surface area (Å²) in [5.41, 5.74) is 6.94. The van der Waals surface area contributed by atoms with Gasteiger partial charge in [0.05, 0.1) is 11.4 Å². The van der Waals surface area contributed by atoms with Crippen molar-refractivity contribution >= 4 is 23.2 Å². The predicted molar refractivity (Wildman–Crippen MR) is 124 cm³/mol. The van der Waals surface area contributed by atoms with Crippen molar-refractivity contribution in [1.29, 1.82) is 0 Å². The van der Waals surface area contributed by atoms with Gasteiger partial charge in [-0.1, -0.05) is 23.7 Å². The number of halogens is 1. The second-order valence-corrected chi connectivity index (χ2v) is 7.42. The third-order valence-corrected chi connectivity index (χ3v) is 4.97. The Hall–Kier alpha value is -3.97. The highest BCUT2D eigenvalue weighted by atomic mass is 35.5. The summed E-state index contributed by atoms with van der Waals surface area (Å²) in [6.45, 7) is 2.26. The van der Waals surface area contributed by atoms with Crippen LogP contribution >= 0.6 is 11.6 Å². The quantitative estimate of drug-likeness (QED) is 0.314. The molecule has 0 aliphatic heterocycles. The molecule has 4 aromatic rings. The standard InChI is InChI=1S/C24H20ClN5O2/c1-16(18-10-12-26-13-11-18)27-30-24(31)23-14-22(28-29-23)19-4-8-21(9-5-19)32-15-17-2-6-20(25)7-3-17/h2-14H,15H2,1H3,(H,28,29)(H,30,31)/b27-16-. The van der Waals surface area contributed by atoms with Gasteiger partial charge < -0.3 is 4.74 Å². The van der Waals surface area contributed by atoms with Crippen LogP contribution in [0.25, 0.3) is 11.3 Å². The van der Waals surface area contributed by atoms with Crippen LogP contribution in [0.2, 0.25) is 5.02 Å². The van der Waals surface area contributed by atoms with Crippen LogP contribution in [0.1, 0.15) is 28.5 Å². The Morgan fingerprint density at radius 3 is 2.50 bits per heavy atom. The SMILES string of the molecule is C/C(=N/NC(=O)c1cc(-c2ccc(OCc3ccc(Cl)cc3)cc2)n[nH]1)c1ccncc1. The summed E-state index contributed by atoms with van der Waals surface area (Å²) < 4.78 is 5.80. The number of benzene rings is 2. The lowest BCUT2D eigenvalue weighted by Gasteiger charge is -2.07. The third kappa shape index (κ3) is 5.39. The zero-order valence-electron chi connectivity index (χ0n) is 17.2. The molecule has 2 aromatic heterocycles. The van der Waals surface area contributed by atoms with Crippen molar-refractivity contribution in [3.63, 3.8) is 0 Å². The number of hydrogen-bond donors (Lipinski definition) is 2. The molecule has 0 unspecified atom stereocenters. The normalized spacial score (nSPS) is 11.2. The molecule has 2 heterocycles. The minimum atomic E-state index is -0.375. The summed E-state index contributed by atoms with van der Waals surface area (Å²) in [5, 5.41) is 11.8. The molecule has 0 aliphatic rings. The highest BCUT2D eigenvalue weighted by Crippen LogP contribution is 2.22. The fourth-order valence-corrected chi connectivity index (χ4v) is 3.03. The molecule has 1 amide bonds. The van der Waals surface area contributed by atoms with Crippen LogP contribution < -0.4 is 10.2 Å². The number of H-pyrrole nitrogens is 1. The summed E-state index contributed by atoms with van der Waals surface area (Å²) in [4.78, 5) is 16.4. The minimum Gasteiger partial charge on any atom is -0.489 e. The Labute approximate surface area is 190 Å². The molecule has 0 radical (unpaired) electrons. The second-order valence-electron chi connectivity index (χ2n) is 6.98. The van der Waals surface area contributed by atoms with E-state index >= 15 is 0 Å². The van der Waals surface area contributed by atoms with Gasteiger partial charge in [-0.05, 0) is 67.1 Å². The van der Waals surface area contributed by atoms with Gasteiger partial charge >= 0.3 is 0 Å². The van der Waals surface area contributed by atoms with Crippen molar-refractivity contribution in [2.24, 2.45) is 5.10 Å². The Kier molecular flexibility index (Phi) is 6.57. The lowest BCUT2D eigenvalue weighted by atomic mass is 10.1. The number of nitrogens with one attached hydrogen (secondary N) is 2. The number of aromatic nitrogens is 3. The Balaban J connectivity index is 1.36. The number of ether oxygens (including phenoxy) is 1. The number of hydrazone groups is 1. The van der Waals surface area contributed by atoms with E-state index in [1.54, 1.807) is 18.5 Å². The van der Waals surface area contributed by atoms with E-state index in [1.807, 2.05) is 67.6 Å². The molecule has 32 heavy (non-hydrogen) atoms. The molecule has 7 nitrogen and oxygen atoms in total. The average molecular weight is 446 g/mol. The van der Waals surface area contributed by atoms with Gasteiger partial charge in [-0.15, -0.1) is 0 Å². The minimum absolute atomic E-state index is 0.314. The van der Waals surface area contributed by atoms with Crippen molar-refractivity contribution < 1.29 is 9.53 Å². The number of aromatic amines is 1. The first-order chi connectivity index (χ1) is 15.6. The molecular formula is C24H20ClN5O2. The second kappa shape index (κ2) is 9.89. The van der Waals surface area contributed by atoms with E-state index in [9.17, 15) is 4.79 Å². The molecule has 0 spiro atoms. The Morgan fingerprint density at radius 2 is 1.78 bits per heavy atom. The third-order valence-electron chi connectivity index (χ3n) is 4.71. The molecule has 2 N–H and O–H groups in total. The number of amides is 1. The summed E-state index contributed by atoms with van der Waals surface area (Å²) in [6.07, 6.45) is 3.34. The first kappa shape index (κ1) is 21.3. The van der Waals surface area contributed by atoms with E-state index in [1.165, 1.54) is 0 Å². The number of hydrogen-bond acceptors (Lipinski definition) is 5. The van der Waals surface area contributed by atoms with Gasteiger partial charge in [0.2, 0.25) is 0 Å². The van der Waals surface area contributed by atoms with Crippen molar-refractivity contribution in [2.75, 3.05) is 0 Å². The van der Waals surface area contributed by atoms with Crippen LogP contribution in [0.4, 0.5) is 0 Å². The molecular weight excluding hydrogens is 426 g/mol. The van der Waals surface area contributed by atoms with E-state index in [0.717, 1.165) is 22.4 Å². The van der Waals surface area contributed by atoms with Gasteiger partial charge in [0.25, 0.3) is 5.91 Å². The highest BCUT2D eigenvalue weighted by molar-refractivity contribution is 6.30. The van der Waals surface area contributed by atoms with Crippen LogP contribution in [0, 0.1) is 0 Å². The zero-order chi connectivity index (χ0) is 22.3. The molecule has 4 rings (SSSR count). The average Bonchev–Trinajstić information content (AvgIpc) is 3.33. The van der Waals surface area contributed by atoms with Gasteiger partial charge in [0, 0.05) is 28.5 Å².